The number of hydrogen-bond acceptors (Lipinski definition) is 2. The summed E-state index contributed by atoms with van der Waals surface area (Å²) in [6.07, 6.45) is 0. The largest absolute Gasteiger partial charge is 0.478 e. The van der Waals surface area contributed by atoms with Crippen LogP contribution in [0, 0.1) is 11.6 Å². The van der Waals surface area contributed by atoms with Crippen LogP contribution < -0.4 is 0 Å². The maximum absolute atomic E-state index is 13.4. The Balaban J connectivity index is 2.10. The van der Waals surface area contributed by atoms with Gasteiger partial charge >= 0.3 is 5.97 Å². The average Bonchev–Trinajstić information content (AvgIpc) is 2.38. The second-order valence-electron chi connectivity index (χ2n) is 3.87. The minimum atomic E-state index is -1.00. The number of carbonyl (C=O) groups is 1. The van der Waals surface area contributed by atoms with Crippen molar-refractivity contribution >= 4 is 17.7 Å². The number of benzene rings is 2. The maximum Gasteiger partial charge on any atom is 0.335 e. The third-order valence-electron chi connectivity index (χ3n) is 2.46. The van der Waals surface area contributed by atoms with E-state index in [4.69, 9.17) is 5.11 Å². The van der Waals surface area contributed by atoms with Gasteiger partial charge in [-0.3, -0.25) is 0 Å². The fourth-order valence-corrected chi connectivity index (χ4v) is 2.41. The van der Waals surface area contributed by atoms with Crippen LogP contribution in [0.2, 0.25) is 0 Å². The monoisotopic (exact) mass is 280 g/mol. The van der Waals surface area contributed by atoms with Crippen molar-refractivity contribution in [3.8, 4) is 0 Å². The molecule has 2 nitrogen and oxygen atoms in total. The molecular formula is C14H10F2O2S. The zero-order chi connectivity index (χ0) is 13.8. The molecule has 2 rings (SSSR count). The van der Waals surface area contributed by atoms with Crippen LogP contribution in [0.15, 0.2) is 47.4 Å². The van der Waals surface area contributed by atoms with E-state index in [1.807, 2.05) is 0 Å². The number of hydrogen-bond donors (Lipinski definition) is 1. The van der Waals surface area contributed by atoms with E-state index < -0.39 is 17.6 Å². The first-order valence-electron chi connectivity index (χ1n) is 5.46. The average molecular weight is 280 g/mol. The quantitative estimate of drug-likeness (QED) is 0.861. The predicted octanol–water partition coefficient (Wildman–Crippen LogP) is 3.96. The molecule has 0 heterocycles. The van der Waals surface area contributed by atoms with Gasteiger partial charge in [-0.2, -0.15) is 0 Å². The Kier molecular flexibility index (Phi) is 4.16. The van der Waals surface area contributed by atoms with E-state index in [9.17, 15) is 13.6 Å². The summed E-state index contributed by atoms with van der Waals surface area (Å²) in [5, 5.41) is 8.86. The van der Waals surface area contributed by atoms with Crippen molar-refractivity contribution in [3.05, 3.63) is 65.2 Å². The van der Waals surface area contributed by atoms with Crippen molar-refractivity contribution in [1.82, 2.24) is 0 Å². The zero-order valence-electron chi connectivity index (χ0n) is 9.77. The van der Waals surface area contributed by atoms with E-state index in [2.05, 4.69) is 0 Å². The third kappa shape index (κ3) is 3.54. The van der Waals surface area contributed by atoms with Crippen LogP contribution in [-0.2, 0) is 5.75 Å². The first-order chi connectivity index (χ1) is 9.06. The predicted molar refractivity (Wildman–Crippen MR) is 69.3 cm³/mol. The van der Waals surface area contributed by atoms with Crippen molar-refractivity contribution in [2.24, 2.45) is 0 Å². The molecule has 0 spiro atoms. The first kappa shape index (κ1) is 13.5. The summed E-state index contributed by atoms with van der Waals surface area (Å²) >= 11 is 1.19. The summed E-state index contributed by atoms with van der Waals surface area (Å²) in [7, 11) is 0. The van der Waals surface area contributed by atoms with Gasteiger partial charge in [0.25, 0.3) is 0 Å². The lowest BCUT2D eigenvalue weighted by Gasteiger charge is -2.04. The van der Waals surface area contributed by atoms with Crippen LogP contribution in [0.3, 0.4) is 0 Å². The maximum atomic E-state index is 13.4. The summed E-state index contributed by atoms with van der Waals surface area (Å²) in [5.41, 5.74) is 0.964. The van der Waals surface area contributed by atoms with Crippen molar-refractivity contribution in [1.29, 1.82) is 0 Å². The Labute approximate surface area is 113 Å². The SMILES string of the molecule is O=C(O)c1cccc(CSc2ccc(F)cc2F)c1. The van der Waals surface area contributed by atoms with Gasteiger partial charge in [0.2, 0.25) is 0 Å². The van der Waals surface area contributed by atoms with E-state index in [0.29, 0.717) is 10.6 Å². The fraction of sp³-hybridized carbons (Fsp3) is 0.0714. The van der Waals surface area contributed by atoms with Gasteiger partial charge in [0.1, 0.15) is 11.6 Å². The Morgan fingerprint density at radius 1 is 1.16 bits per heavy atom. The van der Waals surface area contributed by atoms with Gasteiger partial charge in [-0.25, -0.2) is 13.6 Å². The molecule has 1 N–H and O–H groups in total. The van der Waals surface area contributed by atoms with Crippen molar-refractivity contribution in [2.45, 2.75) is 10.6 Å². The number of halogens is 2. The molecule has 19 heavy (non-hydrogen) atoms. The second-order valence-corrected chi connectivity index (χ2v) is 4.89. The highest BCUT2D eigenvalue weighted by molar-refractivity contribution is 7.98. The van der Waals surface area contributed by atoms with Gasteiger partial charge in [0.15, 0.2) is 0 Å². The summed E-state index contributed by atoms with van der Waals surface area (Å²) < 4.78 is 26.1. The normalized spacial score (nSPS) is 10.4. The van der Waals surface area contributed by atoms with E-state index in [1.54, 1.807) is 12.1 Å². The highest BCUT2D eigenvalue weighted by Crippen LogP contribution is 2.26. The Morgan fingerprint density at radius 3 is 2.63 bits per heavy atom. The smallest absolute Gasteiger partial charge is 0.335 e. The van der Waals surface area contributed by atoms with Crippen LogP contribution in [0.25, 0.3) is 0 Å². The molecule has 2 aromatic rings. The topological polar surface area (TPSA) is 37.3 Å². The molecule has 0 aliphatic heterocycles. The molecule has 0 saturated carbocycles. The number of rotatable bonds is 4. The van der Waals surface area contributed by atoms with E-state index in [0.717, 1.165) is 11.6 Å². The van der Waals surface area contributed by atoms with Crippen molar-refractivity contribution in [2.75, 3.05) is 0 Å². The third-order valence-corrected chi connectivity index (χ3v) is 3.58. The fourth-order valence-electron chi connectivity index (χ4n) is 1.55. The lowest BCUT2D eigenvalue weighted by Crippen LogP contribution is -1.96. The highest BCUT2D eigenvalue weighted by Gasteiger charge is 2.07. The van der Waals surface area contributed by atoms with Gasteiger partial charge in [-0.15, -0.1) is 11.8 Å². The molecular weight excluding hydrogens is 270 g/mol. The Hall–Kier alpha value is -1.88. The lowest BCUT2D eigenvalue weighted by molar-refractivity contribution is 0.0697. The van der Waals surface area contributed by atoms with Gasteiger partial charge < -0.3 is 5.11 Å². The highest BCUT2D eigenvalue weighted by atomic mass is 32.2. The number of thioether (sulfide) groups is 1. The van der Waals surface area contributed by atoms with Crippen LogP contribution in [-0.4, -0.2) is 11.1 Å². The minimum Gasteiger partial charge on any atom is -0.478 e. The molecule has 0 aliphatic carbocycles. The molecule has 0 atom stereocenters. The molecule has 0 aliphatic rings. The summed E-state index contributed by atoms with van der Waals surface area (Å²) in [6.45, 7) is 0. The van der Waals surface area contributed by atoms with Gasteiger partial charge in [0.05, 0.1) is 5.56 Å². The molecule has 0 unspecified atom stereocenters. The Morgan fingerprint density at radius 2 is 1.95 bits per heavy atom. The number of aromatic carboxylic acids is 1. The zero-order valence-corrected chi connectivity index (χ0v) is 10.6. The molecule has 2 aromatic carbocycles. The molecule has 5 heteroatoms. The van der Waals surface area contributed by atoms with Crippen LogP contribution in [0.5, 0.6) is 0 Å². The van der Waals surface area contributed by atoms with Gasteiger partial charge in [-0.05, 0) is 29.8 Å². The molecule has 0 radical (unpaired) electrons. The van der Waals surface area contributed by atoms with Gasteiger partial charge in [0, 0.05) is 16.7 Å². The molecule has 0 saturated heterocycles. The van der Waals surface area contributed by atoms with Gasteiger partial charge in [-0.1, -0.05) is 12.1 Å². The summed E-state index contributed by atoms with van der Waals surface area (Å²) in [6, 6.07) is 9.83. The molecule has 0 bridgehead atoms. The first-order valence-corrected chi connectivity index (χ1v) is 6.45. The van der Waals surface area contributed by atoms with E-state index in [1.165, 1.54) is 36.0 Å². The van der Waals surface area contributed by atoms with Crippen LogP contribution >= 0.6 is 11.8 Å². The molecule has 98 valence electrons. The Bertz CT molecular complexity index is 614. The van der Waals surface area contributed by atoms with Crippen LogP contribution in [0.4, 0.5) is 8.78 Å². The van der Waals surface area contributed by atoms with Crippen molar-refractivity contribution < 1.29 is 18.7 Å². The summed E-state index contributed by atoms with van der Waals surface area (Å²) in [5.74, 6) is -1.81. The number of carboxylic acids is 1. The molecule has 0 fully saturated rings. The molecule has 0 amide bonds. The second kappa shape index (κ2) is 5.84. The van der Waals surface area contributed by atoms with Crippen molar-refractivity contribution in [3.63, 3.8) is 0 Å². The van der Waals surface area contributed by atoms with E-state index >= 15 is 0 Å². The van der Waals surface area contributed by atoms with Crippen LogP contribution in [0.1, 0.15) is 15.9 Å². The minimum absolute atomic E-state index is 0.192. The lowest BCUT2D eigenvalue weighted by atomic mass is 10.1. The summed E-state index contributed by atoms with van der Waals surface area (Å²) in [4.78, 5) is 11.1. The molecule has 0 aromatic heterocycles. The van der Waals surface area contributed by atoms with E-state index in [-0.39, 0.29) is 5.56 Å². The standard InChI is InChI=1S/C14H10F2O2S/c15-11-4-5-13(12(16)7-11)19-8-9-2-1-3-10(6-9)14(17)18/h1-7H,8H2,(H,17,18). The number of carboxylic acid groups (broad SMARTS) is 1.